The minimum Gasteiger partial charge on any atom is -0.317 e. The van der Waals surface area contributed by atoms with Gasteiger partial charge in [-0.2, -0.15) is 0 Å². The predicted molar refractivity (Wildman–Crippen MR) is 80.1 cm³/mol. The summed E-state index contributed by atoms with van der Waals surface area (Å²) in [6.45, 7) is 10.9. The summed E-state index contributed by atoms with van der Waals surface area (Å²) in [5, 5.41) is 3.49. The quantitative estimate of drug-likeness (QED) is 0.818. The molecule has 1 fully saturated rings. The third-order valence-electron chi connectivity index (χ3n) is 4.22. The predicted octanol–water partition coefficient (Wildman–Crippen LogP) is 2.60. The van der Waals surface area contributed by atoms with Crippen LogP contribution in [-0.4, -0.2) is 35.6 Å². The lowest BCUT2D eigenvalue weighted by Gasteiger charge is -2.44. The van der Waals surface area contributed by atoms with Crippen molar-refractivity contribution in [2.24, 2.45) is 5.92 Å². The zero-order valence-corrected chi connectivity index (χ0v) is 12.5. The van der Waals surface area contributed by atoms with Crippen LogP contribution in [0.5, 0.6) is 0 Å². The van der Waals surface area contributed by atoms with Crippen LogP contribution in [0.3, 0.4) is 0 Å². The number of pyridine rings is 1. The lowest BCUT2D eigenvalue weighted by atomic mass is 9.78. The Morgan fingerprint density at radius 1 is 1.32 bits per heavy atom. The van der Waals surface area contributed by atoms with Gasteiger partial charge in [-0.3, -0.25) is 9.88 Å². The highest BCUT2D eigenvalue weighted by atomic mass is 15.2. The fraction of sp³-hybridized carbons (Fsp3) is 0.688. The monoisotopic (exact) mass is 261 g/mol. The Kier molecular flexibility index (Phi) is 5.34. The lowest BCUT2D eigenvalue weighted by molar-refractivity contribution is 0.0591. The fourth-order valence-electron chi connectivity index (χ4n) is 2.96. The van der Waals surface area contributed by atoms with Crippen molar-refractivity contribution in [3.63, 3.8) is 0 Å². The third kappa shape index (κ3) is 3.77. The largest absolute Gasteiger partial charge is 0.317 e. The molecule has 1 N–H and O–H groups in total. The molecular formula is C16H27N3. The van der Waals surface area contributed by atoms with Crippen LogP contribution >= 0.6 is 0 Å². The maximum Gasteiger partial charge on any atom is 0.0547 e. The van der Waals surface area contributed by atoms with Crippen LogP contribution in [0.25, 0.3) is 0 Å². The molecule has 1 saturated carbocycles. The Balaban J connectivity index is 1.93. The molecule has 2 unspecified atom stereocenters. The van der Waals surface area contributed by atoms with Gasteiger partial charge in [0.25, 0.3) is 0 Å². The first-order chi connectivity index (χ1) is 9.24. The molecule has 106 valence electrons. The summed E-state index contributed by atoms with van der Waals surface area (Å²) in [5.41, 5.74) is 2.32. The van der Waals surface area contributed by atoms with Crippen LogP contribution in [0.15, 0.2) is 18.2 Å². The van der Waals surface area contributed by atoms with Crippen molar-refractivity contribution in [3.05, 3.63) is 29.6 Å². The molecule has 3 heteroatoms. The van der Waals surface area contributed by atoms with Crippen LogP contribution in [-0.2, 0) is 6.54 Å². The van der Waals surface area contributed by atoms with E-state index in [4.69, 9.17) is 0 Å². The van der Waals surface area contributed by atoms with Gasteiger partial charge in [-0.1, -0.05) is 19.9 Å². The summed E-state index contributed by atoms with van der Waals surface area (Å²) < 4.78 is 0. The Morgan fingerprint density at radius 3 is 2.74 bits per heavy atom. The van der Waals surface area contributed by atoms with Crippen LogP contribution in [0.1, 0.15) is 38.1 Å². The van der Waals surface area contributed by atoms with Crippen molar-refractivity contribution in [1.82, 2.24) is 15.2 Å². The minimum atomic E-state index is 0.742. The van der Waals surface area contributed by atoms with E-state index in [1.54, 1.807) is 0 Å². The number of aryl methyl sites for hydroxylation is 1. The van der Waals surface area contributed by atoms with Gasteiger partial charge >= 0.3 is 0 Å². The van der Waals surface area contributed by atoms with Crippen molar-refractivity contribution >= 4 is 0 Å². The van der Waals surface area contributed by atoms with Crippen LogP contribution in [0.2, 0.25) is 0 Å². The van der Waals surface area contributed by atoms with E-state index in [-0.39, 0.29) is 0 Å². The van der Waals surface area contributed by atoms with E-state index in [1.807, 2.05) is 0 Å². The number of hydrogen-bond acceptors (Lipinski definition) is 3. The SMILES string of the molecule is CCNCC1CCC1N(CC)Cc1cccc(C)n1. The zero-order chi connectivity index (χ0) is 13.7. The molecule has 0 saturated heterocycles. The molecule has 0 bridgehead atoms. The van der Waals surface area contributed by atoms with Gasteiger partial charge in [-0.25, -0.2) is 0 Å². The van der Waals surface area contributed by atoms with Crippen LogP contribution in [0.4, 0.5) is 0 Å². The molecule has 0 spiro atoms. The van der Waals surface area contributed by atoms with Gasteiger partial charge in [-0.05, 0) is 57.5 Å². The minimum absolute atomic E-state index is 0.742. The van der Waals surface area contributed by atoms with E-state index in [0.29, 0.717) is 0 Å². The van der Waals surface area contributed by atoms with Crippen molar-refractivity contribution in [2.75, 3.05) is 19.6 Å². The molecule has 0 radical (unpaired) electrons. The van der Waals surface area contributed by atoms with E-state index in [2.05, 4.69) is 54.2 Å². The van der Waals surface area contributed by atoms with Gasteiger partial charge in [-0.15, -0.1) is 0 Å². The second kappa shape index (κ2) is 7.01. The second-order valence-electron chi connectivity index (χ2n) is 5.55. The Morgan fingerprint density at radius 2 is 2.16 bits per heavy atom. The average molecular weight is 261 g/mol. The maximum atomic E-state index is 4.63. The molecule has 3 nitrogen and oxygen atoms in total. The molecule has 19 heavy (non-hydrogen) atoms. The topological polar surface area (TPSA) is 28.2 Å². The van der Waals surface area contributed by atoms with Gasteiger partial charge in [0.2, 0.25) is 0 Å². The van der Waals surface area contributed by atoms with E-state index in [9.17, 15) is 0 Å². The van der Waals surface area contributed by atoms with E-state index in [0.717, 1.165) is 37.3 Å². The van der Waals surface area contributed by atoms with Crippen molar-refractivity contribution in [3.8, 4) is 0 Å². The summed E-state index contributed by atoms with van der Waals surface area (Å²) in [5.74, 6) is 0.824. The van der Waals surface area contributed by atoms with Gasteiger partial charge in [0.05, 0.1) is 5.69 Å². The highest BCUT2D eigenvalue weighted by Gasteiger charge is 2.34. The Bertz CT molecular complexity index is 391. The van der Waals surface area contributed by atoms with Crippen LogP contribution in [0, 0.1) is 12.8 Å². The van der Waals surface area contributed by atoms with Gasteiger partial charge in [0.1, 0.15) is 0 Å². The van der Waals surface area contributed by atoms with Crippen molar-refractivity contribution < 1.29 is 0 Å². The lowest BCUT2D eigenvalue weighted by Crippen LogP contribution is -2.50. The highest BCUT2D eigenvalue weighted by molar-refractivity contribution is 5.10. The summed E-state index contributed by atoms with van der Waals surface area (Å²) in [4.78, 5) is 7.22. The van der Waals surface area contributed by atoms with E-state index in [1.165, 1.54) is 25.1 Å². The van der Waals surface area contributed by atoms with E-state index >= 15 is 0 Å². The molecule has 1 aliphatic rings. The third-order valence-corrected chi connectivity index (χ3v) is 4.22. The standard InChI is InChI=1S/C16H27N3/c1-4-17-11-14-9-10-16(14)19(5-2)12-15-8-6-7-13(3)18-15/h6-8,14,16-17H,4-5,9-12H2,1-3H3. The summed E-state index contributed by atoms with van der Waals surface area (Å²) in [6, 6.07) is 7.07. The van der Waals surface area contributed by atoms with Crippen molar-refractivity contribution in [1.29, 1.82) is 0 Å². The summed E-state index contributed by atoms with van der Waals surface area (Å²) in [6.07, 6.45) is 2.71. The Labute approximate surface area is 117 Å². The van der Waals surface area contributed by atoms with Gasteiger partial charge < -0.3 is 5.32 Å². The zero-order valence-electron chi connectivity index (χ0n) is 12.5. The molecule has 1 aromatic heterocycles. The smallest absolute Gasteiger partial charge is 0.0547 e. The number of nitrogens with zero attached hydrogens (tertiary/aromatic N) is 2. The molecule has 2 atom stereocenters. The van der Waals surface area contributed by atoms with Gasteiger partial charge in [0.15, 0.2) is 0 Å². The van der Waals surface area contributed by atoms with Gasteiger partial charge in [0, 0.05) is 18.3 Å². The number of hydrogen-bond donors (Lipinski definition) is 1. The van der Waals surface area contributed by atoms with Crippen LogP contribution < -0.4 is 5.32 Å². The summed E-state index contributed by atoms with van der Waals surface area (Å²) in [7, 11) is 0. The number of aromatic nitrogens is 1. The average Bonchev–Trinajstić information content (AvgIpc) is 2.37. The van der Waals surface area contributed by atoms with E-state index < -0.39 is 0 Å². The molecule has 2 rings (SSSR count). The maximum absolute atomic E-state index is 4.63. The molecule has 1 heterocycles. The Hall–Kier alpha value is -0.930. The van der Waals surface area contributed by atoms with Crippen molar-refractivity contribution in [2.45, 2.75) is 46.2 Å². The first kappa shape index (κ1) is 14.5. The number of rotatable bonds is 7. The molecule has 1 aliphatic carbocycles. The molecular weight excluding hydrogens is 234 g/mol. The summed E-state index contributed by atoms with van der Waals surface area (Å²) >= 11 is 0. The normalized spacial score (nSPS) is 22.5. The second-order valence-corrected chi connectivity index (χ2v) is 5.55. The molecule has 0 aromatic carbocycles. The molecule has 0 aliphatic heterocycles. The number of nitrogens with one attached hydrogen (secondary N) is 1. The first-order valence-corrected chi connectivity index (χ1v) is 7.61. The molecule has 0 amide bonds. The fourth-order valence-corrected chi connectivity index (χ4v) is 2.96. The highest BCUT2D eigenvalue weighted by Crippen LogP contribution is 2.32. The first-order valence-electron chi connectivity index (χ1n) is 7.61. The molecule has 1 aromatic rings.